The van der Waals surface area contributed by atoms with Gasteiger partial charge in [0.25, 0.3) is 0 Å². The summed E-state index contributed by atoms with van der Waals surface area (Å²) in [5.41, 5.74) is 20.9. The van der Waals surface area contributed by atoms with E-state index in [1.807, 2.05) is 0 Å². The van der Waals surface area contributed by atoms with E-state index in [1.54, 1.807) is 0 Å². The number of benzene rings is 8. The molecule has 0 amide bonds. The first-order valence-electron chi connectivity index (χ1n) is 18.0. The van der Waals surface area contributed by atoms with Crippen LogP contribution in [0.4, 0.5) is 0 Å². The Kier molecular flexibility index (Phi) is 5.31. The Hall–Kier alpha value is -6.38. The summed E-state index contributed by atoms with van der Waals surface area (Å²) in [4.78, 5) is 0. The highest BCUT2D eigenvalue weighted by atomic mass is 15.0. The van der Waals surface area contributed by atoms with Gasteiger partial charge in [0.2, 0.25) is 6.71 Å². The van der Waals surface area contributed by atoms with Crippen molar-refractivity contribution < 1.29 is 0 Å². The smallest absolute Gasteiger partial charge is 0.243 e. The molecule has 2 heteroatoms. The summed E-state index contributed by atoms with van der Waals surface area (Å²) in [6.45, 7) is 0.185. The third-order valence-electron chi connectivity index (χ3n) is 12.1. The Morgan fingerprint density at radius 1 is 0.373 bits per heavy atom. The van der Waals surface area contributed by atoms with Crippen molar-refractivity contribution in [1.29, 1.82) is 0 Å². The van der Waals surface area contributed by atoms with Gasteiger partial charge in [0.1, 0.15) is 0 Å². The lowest BCUT2D eigenvalue weighted by molar-refractivity contribution is 0.775. The van der Waals surface area contributed by atoms with Crippen LogP contribution in [0.2, 0.25) is 0 Å². The number of hydrogen-bond donors (Lipinski definition) is 0. The molecule has 9 aromatic rings. The van der Waals surface area contributed by atoms with Crippen molar-refractivity contribution in [2.75, 3.05) is 0 Å². The van der Waals surface area contributed by atoms with Crippen LogP contribution in [-0.4, -0.2) is 11.3 Å². The van der Waals surface area contributed by atoms with Crippen molar-refractivity contribution >= 4 is 44.9 Å². The molecule has 0 radical (unpaired) electrons. The standard InChI is InChI=1S/C49H30BN/c1-2-13-31(14-3-1)32-25-27-42-45(29-32)50-44-22-9-5-16-35(44)38-19-12-21-43(48(38)50)49(42)40-20-8-4-15-34(40)39-30-33(26-28-41(39)49)51-46-23-10-6-17-36(46)37-18-7-11-24-47(37)51/h1-30H. The van der Waals surface area contributed by atoms with Gasteiger partial charge in [-0.05, 0) is 79.9 Å². The Balaban J connectivity index is 1.19. The van der Waals surface area contributed by atoms with Gasteiger partial charge in [-0.3, -0.25) is 0 Å². The lowest BCUT2D eigenvalue weighted by atomic mass is 9.32. The third-order valence-corrected chi connectivity index (χ3v) is 12.1. The Morgan fingerprint density at radius 2 is 1.00 bits per heavy atom. The first-order valence-corrected chi connectivity index (χ1v) is 18.0. The Bertz CT molecular complexity index is 2880. The molecule has 1 unspecified atom stereocenters. The van der Waals surface area contributed by atoms with E-state index < -0.39 is 5.41 Å². The van der Waals surface area contributed by atoms with Crippen LogP contribution >= 0.6 is 0 Å². The normalized spacial score (nSPS) is 15.9. The molecule has 0 bridgehead atoms. The number of aromatic nitrogens is 1. The predicted octanol–water partition coefficient (Wildman–Crippen LogP) is 9.62. The molecule has 51 heavy (non-hydrogen) atoms. The van der Waals surface area contributed by atoms with Crippen LogP contribution < -0.4 is 16.4 Å². The fourth-order valence-corrected chi connectivity index (χ4v) is 10.2. The minimum atomic E-state index is -0.445. The van der Waals surface area contributed by atoms with Crippen LogP contribution in [0.5, 0.6) is 0 Å². The molecule has 1 aromatic heterocycles. The van der Waals surface area contributed by atoms with Crippen LogP contribution in [-0.2, 0) is 5.41 Å². The molecule has 12 rings (SSSR count). The zero-order chi connectivity index (χ0) is 33.3. The van der Waals surface area contributed by atoms with E-state index in [0.29, 0.717) is 0 Å². The highest BCUT2D eigenvalue weighted by molar-refractivity contribution is 7.00. The maximum atomic E-state index is 2.51. The molecule has 1 atom stereocenters. The van der Waals surface area contributed by atoms with E-state index in [0.717, 1.165) is 0 Å². The second kappa shape index (κ2) is 9.87. The van der Waals surface area contributed by atoms with Gasteiger partial charge in [0.05, 0.1) is 16.4 Å². The van der Waals surface area contributed by atoms with E-state index in [9.17, 15) is 0 Å². The summed E-state index contributed by atoms with van der Waals surface area (Å²) in [5.74, 6) is 0. The van der Waals surface area contributed by atoms with E-state index >= 15 is 0 Å². The molecular formula is C49H30BN. The first-order chi connectivity index (χ1) is 25.3. The van der Waals surface area contributed by atoms with Crippen molar-refractivity contribution in [3.63, 3.8) is 0 Å². The summed E-state index contributed by atoms with van der Waals surface area (Å²) in [6.07, 6.45) is 0. The minimum absolute atomic E-state index is 0.185. The van der Waals surface area contributed by atoms with Crippen molar-refractivity contribution in [2.45, 2.75) is 5.41 Å². The Morgan fingerprint density at radius 3 is 1.82 bits per heavy atom. The fourth-order valence-electron chi connectivity index (χ4n) is 10.2. The number of rotatable bonds is 2. The van der Waals surface area contributed by atoms with Crippen LogP contribution in [0, 0.1) is 0 Å². The SMILES string of the molecule is c1ccc(-c2ccc3c(c2)B2c4ccccc4-c4cccc(c42)C32c3ccccc3-c3cc(-n4c5ccccc5c5ccccc54)ccc32)cc1. The zero-order valence-electron chi connectivity index (χ0n) is 27.8. The molecule has 0 saturated carbocycles. The van der Waals surface area contributed by atoms with Crippen molar-refractivity contribution in [3.8, 4) is 39.1 Å². The average molecular weight is 644 g/mol. The van der Waals surface area contributed by atoms with E-state index in [-0.39, 0.29) is 6.71 Å². The van der Waals surface area contributed by atoms with Crippen molar-refractivity contribution in [3.05, 3.63) is 204 Å². The largest absolute Gasteiger partial charge is 0.309 e. The number of nitrogens with zero attached hydrogens (tertiary/aromatic N) is 1. The second-order valence-corrected chi connectivity index (χ2v) is 14.4. The van der Waals surface area contributed by atoms with Gasteiger partial charge in [-0.2, -0.15) is 0 Å². The monoisotopic (exact) mass is 643 g/mol. The maximum Gasteiger partial charge on any atom is 0.243 e. The minimum Gasteiger partial charge on any atom is -0.309 e. The summed E-state index contributed by atoms with van der Waals surface area (Å²) in [7, 11) is 0. The highest BCUT2D eigenvalue weighted by Gasteiger charge is 2.54. The average Bonchev–Trinajstić information content (AvgIpc) is 3.82. The van der Waals surface area contributed by atoms with Crippen molar-refractivity contribution in [1.82, 2.24) is 4.57 Å². The molecule has 3 heterocycles. The molecule has 2 aliphatic heterocycles. The molecule has 1 aliphatic carbocycles. The maximum absolute atomic E-state index is 2.51. The molecule has 0 fully saturated rings. The van der Waals surface area contributed by atoms with E-state index in [2.05, 4.69) is 187 Å². The van der Waals surface area contributed by atoms with Crippen LogP contribution in [0.1, 0.15) is 22.3 Å². The predicted molar refractivity (Wildman–Crippen MR) is 214 cm³/mol. The van der Waals surface area contributed by atoms with Gasteiger partial charge in [-0.1, -0.05) is 174 Å². The number of fused-ring (bicyclic) bond motifs is 15. The lowest BCUT2D eigenvalue weighted by Crippen LogP contribution is -2.59. The summed E-state index contributed by atoms with van der Waals surface area (Å²) in [5, 5.41) is 2.57. The van der Waals surface area contributed by atoms with Gasteiger partial charge in [0.15, 0.2) is 0 Å². The molecule has 1 spiro atoms. The molecule has 3 aliphatic rings. The Labute approximate surface area is 297 Å². The summed E-state index contributed by atoms with van der Waals surface area (Å²) >= 11 is 0. The second-order valence-electron chi connectivity index (χ2n) is 14.4. The molecule has 8 aromatic carbocycles. The summed E-state index contributed by atoms with van der Waals surface area (Å²) < 4.78 is 2.45. The third kappa shape index (κ3) is 3.38. The van der Waals surface area contributed by atoms with Crippen molar-refractivity contribution in [2.24, 2.45) is 0 Å². The molecule has 0 N–H and O–H groups in total. The fraction of sp³-hybridized carbons (Fsp3) is 0.0204. The molecule has 1 nitrogen and oxygen atoms in total. The number of para-hydroxylation sites is 2. The lowest BCUT2D eigenvalue weighted by Gasteiger charge is -2.42. The van der Waals surface area contributed by atoms with E-state index in [1.165, 1.54) is 99.5 Å². The molecule has 234 valence electrons. The van der Waals surface area contributed by atoms with Gasteiger partial charge in [-0.15, -0.1) is 0 Å². The van der Waals surface area contributed by atoms with Gasteiger partial charge in [-0.25, -0.2) is 0 Å². The molecule has 0 saturated heterocycles. The van der Waals surface area contributed by atoms with E-state index in [4.69, 9.17) is 0 Å². The quantitative estimate of drug-likeness (QED) is 0.165. The highest BCUT2D eigenvalue weighted by Crippen LogP contribution is 2.57. The summed E-state index contributed by atoms with van der Waals surface area (Å²) in [6, 6.07) is 68.4. The van der Waals surface area contributed by atoms with Crippen LogP contribution in [0.25, 0.3) is 60.9 Å². The van der Waals surface area contributed by atoms with Gasteiger partial charge in [0, 0.05) is 16.5 Å². The zero-order valence-corrected chi connectivity index (χ0v) is 27.8. The topological polar surface area (TPSA) is 4.93 Å². The van der Waals surface area contributed by atoms with Gasteiger partial charge < -0.3 is 4.57 Å². The first kappa shape index (κ1) is 27.4. The van der Waals surface area contributed by atoms with Gasteiger partial charge >= 0.3 is 0 Å². The van der Waals surface area contributed by atoms with Crippen LogP contribution in [0.3, 0.4) is 0 Å². The van der Waals surface area contributed by atoms with Crippen LogP contribution in [0.15, 0.2) is 182 Å². The molecular weight excluding hydrogens is 613 g/mol. The number of hydrogen-bond acceptors (Lipinski definition) is 0.